The molecule has 5 rings (SSSR count). The molecule has 0 spiro atoms. The van der Waals surface area contributed by atoms with Gasteiger partial charge in [0, 0.05) is 6.20 Å². The Balaban J connectivity index is 1.94. The topological polar surface area (TPSA) is 137 Å². The van der Waals surface area contributed by atoms with Crippen LogP contribution in [0.3, 0.4) is 0 Å². The van der Waals surface area contributed by atoms with Gasteiger partial charge in [-0.25, -0.2) is 13.4 Å². The van der Waals surface area contributed by atoms with Crippen LogP contribution in [0.1, 0.15) is 17.7 Å². The highest BCUT2D eigenvalue weighted by Crippen LogP contribution is 2.30. The lowest BCUT2D eigenvalue weighted by Crippen LogP contribution is -2.51. The Morgan fingerprint density at radius 3 is 2.59 bits per heavy atom. The van der Waals surface area contributed by atoms with Gasteiger partial charge in [-0.1, -0.05) is 47.2 Å². The van der Waals surface area contributed by atoms with Crippen molar-refractivity contribution in [2.45, 2.75) is 10.5 Å². The van der Waals surface area contributed by atoms with Gasteiger partial charge in [0.2, 0.25) is 21.4 Å². The molecule has 0 amide bonds. The number of hydrogen-bond donors (Lipinski definition) is 2. The fourth-order valence-electron chi connectivity index (χ4n) is 3.95. The molecular formula is C22H18ClN6O3S2+. The Bertz CT molecular complexity index is 1690. The first-order valence-electron chi connectivity index (χ1n) is 9.98. The van der Waals surface area contributed by atoms with E-state index in [0.717, 1.165) is 17.6 Å². The molecule has 4 aromatic rings. The summed E-state index contributed by atoms with van der Waals surface area (Å²) in [6.07, 6.45) is 1.33. The van der Waals surface area contributed by atoms with E-state index in [1.807, 2.05) is 6.07 Å². The van der Waals surface area contributed by atoms with Crippen LogP contribution >= 0.6 is 22.9 Å². The van der Waals surface area contributed by atoms with E-state index in [1.54, 1.807) is 47.8 Å². The zero-order valence-corrected chi connectivity index (χ0v) is 20.1. The second kappa shape index (κ2) is 8.05. The molecule has 12 heteroatoms. The van der Waals surface area contributed by atoms with Gasteiger partial charge >= 0.3 is 10.5 Å². The molecule has 1 atom stereocenters. The molecule has 1 aliphatic rings. The number of nitrogens with two attached hydrogens (primary N) is 2. The monoisotopic (exact) mass is 513 g/mol. The number of fused-ring (bicyclic) bond motifs is 2. The number of thiazole rings is 1. The second-order valence-corrected chi connectivity index (χ2v) is 11.0. The van der Waals surface area contributed by atoms with Gasteiger partial charge in [-0.3, -0.25) is 9.36 Å². The maximum absolute atomic E-state index is 13.7. The van der Waals surface area contributed by atoms with Gasteiger partial charge in [0.25, 0.3) is 5.56 Å². The van der Waals surface area contributed by atoms with Crippen molar-refractivity contribution in [3.8, 4) is 5.69 Å². The first-order valence-corrected chi connectivity index (χ1v) is 13.1. The Morgan fingerprint density at radius 1 is 1.18 bits per heavy atom. The average Bonchev–Trinajstić information content (AvgIpc) is 3.24. The molecular weight excluding hydrogens is 496 g/mol. The van der Waals surface area contributed by atoms with E-state index < -0.39 is 21.6 Å². The summed E-state index contributed by atoms with van der Waals surface area (Å²) in [6, 6.07) is 13.8. The van der Waals surface area contributed by atoms with E-state index >= 15 is 0 Å². The molecule has 9 nitrogen and oxygen atoms in total. The van der Waals surface area contributed by atoms with Gasteiger partial charge in [-0.2, -0.15) is 4.99 Å². The first kappa shape index (κ1) is 22.3. The van der Waals surface area contributed by atoms with Crippen LogP contribution in [0.2, 0.25) is 5.02 Å². The molecule has 1 aliphatic heterocycles. The lowest BCUT2D eigenvalue weighted by atomic mass is 10.1. The molecule has 0 radical (unpaired) electrons. The summed E-state index contributed by atoms with van der Waals surface area (Å²) in [5.41, 5.74) is 13.3. The fourth-order valence-corrected chi connectivity index (χ4v) is 6.36. The number of rotatable bonds is 3. The van der Waals surface area contributed by atoms with Crippen LogP contribution in [0.5, 0.6) is 0 Å². The Morgan fingerprint density at radius 2 is 1.91 bits per heavy atom. The summed E-state index contributed by atoms with van der Waals surface area (Å²) in [5, 5.41) is 2.14. The molecule has 2 aromatic heterocycles. The number of amidine groups is 1. The number of aromatic nitrogens is 3. The molecule has 0 aliphatic carbocycles. The maximum atomic E-state index is 13.7. The van der Waals surface area contributed by atoms with Gasteiger partial charge < -0.3 is 11.5 Å². The average molecular weight is 514 g/mol. The Hall–Kier alpha value is -3.54. The van der Waals surface area contributed by atoms with Crippen LogP contribution in [0.4, 0.5) is 0 Å². The number of aliphatic imine (C=N–C) groups is 1. The number of hydrogen-bond acceptors (Lipinski definition) is 8. The third-order valence-electron chi connectivity index (χ3n) is 5.39. The predicted molar refractivity (Wildman–Crippen MR) is 132 cm³/mol. The highest BCUT2D eigenvalue weighted by Gasteiger charge is 2.43. The van der Waals surface area contributed by atoms with Crippen LogP contribution in [0.25, 0.3) is 22.2 Å². The number of benzene rings is 2. The molecule has 3 heterocycles. The van der Waals surface area contributed by atoms with Gasteiger partial charge in [-0.15, -0.1) is 4.57 Å². The Labute approximate surface area is 203 Å². The van der Waals surface area contributed by atoms with Crippen LogP contribution < -0.4 is 21.6 Å². The summed E-state index contributed by atoms with van der Waals surface area (Å²) >= 11 is 7.38. The van der Waals surface area contributed by atoms with Crippen molar-refractivity contribution in [3.05, 3.63) is 87.0 Å². The van der Waals surface area contributed by atoms with E-state index in [2.05, 4.69) is 4.99 Å². The molecule has 0 saturated heterocycles. The normalized spacial score (nSPS) is 17.1. The second-order valence-electron chi connectivity index (χ2n) is 7.58. The first-order chi connectivity index (χ1) is 16.2. The maximum Gasteiger partial charge on any atom is 0.357 e. The Kier molecular flexibility index (Phi) is 5.27. The number of halogens is 1. The highest BCUT2D eigenvalue weighted by molar-refractivity contribution is 7.92. The van der Waals surface area contributed by atoms with Crippen LogP contribution in [0.15, 0.2) is 74.2 Å². The van der Waals surface area contributed by atoms with E-state index in [4.69, 9.17) is 28.1 Å². The summed E-state index contributed by atoms with van der Waals surface area (Å²) in [5.74, 6) is 0.282. The smallest absolute Gasteiger partial charge is 0.357 e. The minimum atomic E-state index is -3.66. The zero-order valence-electron chi connectivity index (χ0n) is 17.7. The summed E-state index contributed by atoms with van der Waals surface area (Å²) in [7, 11) is -3.66. The van der Waals surface area contributed by atoms with Crippen LogP contribution in [-0.2, 0) is 9.84 Å². The number of para-hydroxylation sites is 1. The summed E-state index contributed by atoms with van der Waals surface area (Å²) in [4.78, 5) is 23.0. The van der Waals surface area contributed by atoms with Crippen molar-refractivity contribution in [3.63, 3.8) is 0 Å². The molecule has 0 saturated carbocycles. The van der Waals surface area contributed by atoms with E-state index in [0.29, 0.717) is 22.5 Å². The predicted octanol–water partition coefficient (Wildman–Crippen LogP) is 2.01. The molecule has 34 heavy (non-hydrogen) atoms. The SMILES string of the molecule is CS(=O)(=O)c1scc2[n+]1C(c1nc3cccc(Cl)c3c(=O)n1-c1ccccc1)N=C(N)C2=CN. The van der Waals surface area contributed by atoms with Crippen molar-refractivity contribution < 1.29 is 13.0 Å². The minimum absolute atomic E-state index is 0.0307. The van der Waals surface area contributed by atoms with E-state index in [9.17, 15) is 13.2 Å². The standard InChI is InChI=1S/C22H18ClN6O3S2/c1-34(31,32)22-29-16(11-33-22)13(10-24)18(25)27-20(29)19-26-15-9-5-8-14(23)17(15)21(30)28(19)12-6-3-2-4-7-12/h2-11,20H,24H2,1H3,(H2,25,27)/q+1. The van der Waals surface area contributed by atoms with Gasteiger partial charge in [0.15, 0.2) is 0 Å². The van der Waals surface area contributed by atoms with Gasteiger partial charge in [0.05, 0.1) is 33.2 Å². The largest absolute Gasteiger partial charge is 0.404 e. The molecule has 4 N–H and O–H groups in total. The summed E-state index contributed by atoms with van der Waals surface area (Å²) < 4.78 is 28.2. The number of nitrogens with zero attached hydrogens (tertiary/aromatic N) is 4. The van der Waals surface area contributed by atoms with E-state index in [-0.39, 0.29) is 26.4 Å². The lowest BCUT2D eigenvalue weighted by Gasteiger charge is -2.20. The van der Waals surface area contributed by atoms with Crippen molar-refractivity contribution in [2.24, 2.45) is 16.5 Å². The van der Waals surface area contributed by atoms with Crippen molar-refractivity contribution >= 4 is 55.1 Å². The molecule has 2 aromatic carbocycles. The van der Waals surface area contributed by atoms with E-state index in [1.165, 1.54) is 15.3 Å². The van der Waals surface area contributed by atoms with Gasteiger partial charge in [-0.05, 0) is 24.3 Å². The molecule has 0 fully saturated rings. The van der Waals surface area contributed by atoms with Crippen molar-refractivity contribution in [1.29, 1.82) is 0 Å². The van der Waals surface area contributed by atoms with Gasteiger partial charge in [0.1, 0.15) is 11.4 Å². The lowest BCUT2D eigenvalue weighted by molar-refractivity contribution is -0.745. The van der Waals surface area contributed by atoms with Crippen molar-refractivity contribution in [1.82, 2.24) is 9.55 Å². The quantitative estimate of drug-likeness (QED) is 0.402. The highest BCUT2D eigenvalue weighted by atomic mass is 35.5. The van der Waals surface area contributed by atoms with Crippen LogP contribution in [0, 0.1) is 0 Å². The summed E-state index contributed by atoms with van der Waals surface area (Å²) in [6.45, 7) is 0. The minimum Gasteiger partial charge on any atom is -0.404 e. The third-order valence-corrected chi connectivity index (χ3v) is 8.47. The van der Waals surface area contributed by atoms with Crippen molar-refractivity contribution in [2.75, 3.05) is 6.26 Å². The zero-order chi connectivity index (χ0) is 24.2. The third kappa shape index (κ3) is 3.40. The number of sulfone groups is 1. The molecule has 172 valence electrons. The molecule has 0 bridgehead atoms. The van der Waals surface area contributed by atoms with Crippen LogP contribution in [-0.4, -0.2) is 30.1 Å². The fraction of sp³-hybridized carbons (Fsp3) is 0.0909. The molecule has 1 unspecified atom stereocenters.